The van der Waals surface area contributed by atoms with Crippen LogP contribution in [0.15, 0.2) is 158 Å². The first kappa shape index (κ1) is 26.4. The first-order valence-corrected chi connectivity index (χ1v) is 16.4. The van der Waals surface area contributed by atoms with E-state index in [1.165, 1.54) is 88.4 Å². The van der Waals surface area contributed by atoms with Gasteiger partial charge in [-0.3, -0.25) is 0 Å². The number of hydrogen-bond donors (Lipinski definition) is 0. The molecular weight excluding hydrogens is 569 g/mol. The van der Waals surface area contributed by atoms with E-state index in [-0.39, 0.29) is 5.41 Å². The average Bonchev–Trinajstić information content (AvgIpc) is 3.64. The van der Waals surface area contributed by atoms with Crippen molar-refractivity contribution in [2.45, 2.75) is 19.3 Å². The summed E-state index contributed by atoms with van der Waals surface area (Å²) in [5.74, 6) is 0. The van der Waals surface area contributed by atoms with E-state index in [1.807, 2.05) is 0 Å². The number of para-hydroxylation sites is 3. The van der Waals surface area contributed by atoms with Crippen LogP contribution in [-0.2, 0) is 5.41 Å². The summed E-state index contributed by atoms with van der Waals surface area (Å²) in [5, 5.41) is 5.16. The Morgan fingerprint density at radius 2 is 0.957 bits per heavy atom. The maximum absolute atomic E-state index is 2.50. The Labute approximate surface area is 273 Å². The highest BCUT2D eigenvalue weighted by Crippen LogP contribution is 2.49. The van der Waals surface area contributed by atoms with Crippen LogP contribution in [0.25, 0.3) is 77.2 Å². The summed E-state index contributed by atoms with van der Waals surface area (Å²) < 4.78 is 4.89. The van der Waals surface area contributed by atoms with Crippen LogP contribution in [0.2, 0.25) is 0 Å². The summed E-state index contributed by atoms with van der Waals surface area (Å²) in [6.07, 6.45) is 0. The monoisotopic (exact) mass is 600 g/mol. The van der Waals surface area contributed by atoms with Crippen molar-refractivity contribution in [2.24, 2.45) is 0 Å². The summed E-state index contributed by atoms with van der Waals surface area (Å²) in [4.78, 5) is 0. The summed E-state index contributed by atoms with van der Waals surface area (Å²) >= 11 is 0. The molecule has 2 aromatic heterocycles. The fourth-order valence-electron chi connectivity index (χ4n) is 8.20. The molecular formula is C45H32N2. The van der Waals surface area contributed by atoms with Gasteiger partial charge in [-0.15, -0.1) is 0 Å². The topological polar surface area (TPSA) is 9.86 Å². The maximum atomic E-state index is 2.50. The molecule has 222 valence electrons. The van der Waals surface area contributed by atoms with Gasteiger partial charge < -0.3 is 9.13 Å². The lowest BCUT2D eigenvalue weighted by Gasteiger charge is -2.35. The summed E-state index contributed by atoms with van der Waals surface area (Å²) in [6, 6.07) is 58.1. The predicted octanol–water partition coefficient (Wildman–Crippen LogP) is 11.9. The van der Waals surface area contributed by atoms with Gasteiger partial charge in [-0.05, 0) is 88.0 Å². The van der Waals surface area contributed by atoms with E-state index in [1.54, 1.807) is 0 Å². The number of hydrogen-bond acceptors (Lipinski definition) is 0. The maximum Gasteiger partial charge on any atom is 0.0582 e. The van der Waals surface area contributed by atoms with Crippen molar-refractivity contribution >= 4 is 43.6 Å². The molecule has 2 heteroatoms. The molecule has 1 aliphatic heterocycles. The molecule has 0 unspecified atom stereocenters. The summed E-state index contributed by atoms with van der Waals surface area (Å²) in [5.41, 5.74) is 15.0. The van der Waals surface area contributed by atoms with Gasteiger partial charge in [0.1, 0.15) is 0 Å². The summed E-state index contributed by atoms with van der Waals surface area (Å²) in [6.45, 7) is 4.75. The van der Waals surface area contributed by atoms with Gasteiger partial charge in [-0.2, -0.15) is 0 Å². The van der Waals surface area contributed by atoms with E-state index in [0.717, 1.165) is 0 Å². The van der Waals surface area contributed by atoms with Crippen LogP contribution in [0, 0.1) is 0 Å². The molecule has 0 radical (unpaired) electrons. The van der Waals surface area contributed by atoms with Crippen molar-refractivity contribution in [1.82, 2.24) is 9.13 Å². The normalized spacial score (nSPS) is 13.5. The third-order valence-electron chi connectivity index (χ3n) is 10.5. The lowest BCUT2D eigenvalue weighted by Crippen LogP contribution is -2.26. The SMILES string of the molecule is CC1(C)c2ccccc2-n2c3ccc(-c4ccc(-n5c6ccccc6c6ccccc65)cc4)cc3c3cc(-c4ccccc4)cc1c32. The number of nitrogens with zero attached hydrogens (tertiary/aromatic N) is 2. The molecule has 2 nitrogen and oxygen atoms in total. The molecule has 0 bridgehead atoms. The minimum Gasteiger partial charge on any atom is -0.309 e. The molecule has 3 heterocycles. The van der Waals surface area contributed by atoms with Gasteiger partial charge in [-0.1, -0.05) is 117 Å². The van der Waals surface area contributed by atoms with E-state index in [0.29, 0.717) is 0 Å². The second-order valence-corrected chi connectivity index (χ2v) is 13.4. The van der Waals surface area contributed by atoms with E-state index in [9.17, 15) is 0 Å². The molecule has 0 amide bonds. The Morgan fingerprint density at radius 3 is 1.70 bits per heavy atom. The molecule has 0 N–H and O–H groups in total. The molecule has 0 aliphatic carbocycles. The van der Waals surface area contributed by atoms with Crippen LogP contribution in [0.3, 0.4) is 0 Å². The smallest absolute Gasteiger partial charge is 0.0582 e. The average molecular weight is 601 g/mol. The largest absolute Gasteiger partial charge is 0.309 e. The second kappa shape index (κ2) is 9.57. The van der Waals surface area contributed by atoms with E-state index >= 15 is 0 Å². The first-order chi connectivity index (χ1) is 23.1. The predicted molar refractivity (Wildman–Crippen MR) is 198 cm³/mol. The molecule has 0 spiro atoms. The van der Waals surface area contributed by atoms with Crippen LogP contribution in [0.4, 0.5) is 0 Å². The van der Waals surface area contributed by atoms with E-state index < -0.39 is 0 Å². The van der Waals surface area contributed by atoms with Gasteiger partial charge in [0.25, 0.3) is 0 Å². The zero-order valence-electron chi connectivity index (χ0n) is 26.4. The number of rotatable bonds is 3. The molecule has 0 atom stereocenters. The summed E-state index contributed by atoms with van der Waals surface area (Å²) in [7, 11) is 0. The van der Waals surface area contributed by atoms with Gasteiger partial charge in [0, 0.05) is 32.6 Å². The molecule has 47 heavy (non-hydrogen) atoms. The van der Waals surface area contributed by atoms with Crippen molar-refractivity contribution < 1.29 is 0 Å². The first-order valence-electron chi connectivity index (χ1n) is 16.4. The fraction of sp³-hybridized carbons (Fsp3) is 0.0667. The standard InChI is InChI=1S/C45H32N2/c1-45(2)38-16-8-11-19-43(38)47-42-25-22-31(26-36(42)37-27-32(28-39(45)44(37)47)29-12-4-3-5-13-29)30-20-23-33(24-21-30)46-40-17-9-6-14-34(40)35-15-7-10-18-41(35)46/h3-28H,1-2H3. The number of aromatic nitrogens is 2. The highest BCUT2D eigenvalue weighted by atomic mass is 15.0. The number of benzene rings is 7. The van der Waals surface area contributed by atoms with Crippen LogP contribution in [0.5, 0.6) is 0 Å². The van der Waals surface area contributed by atoms with Crippen LogP contribution >= 0.6 is 0 Å². The quantitative estimate of drug-likeness (QED) is 0.191. The zero-order chi connectivity index (χ0) is 31.3. The lowest BCUT2D eigenvalue weighted by molar-refractivity contribution is 0.630. The van der Waals surface area contributed by atoms with Crippen molar-refractivity contribution in [3.63, 3.8) is 0 Å². The molecule has 10 rings (SSSR count). The van der Waals surface area contributed by atoms with Gasteiger partial charge in [0.2, 0.25) is 0 Å². The van der Waals surface area contributed by atoms with Crippen molar-refractivity contribution in [2.75, 3.05) is 0 Å². The van der Waals surface area contributed by atoms with Crippen LogP contribution < -0.4 is 0 Å². The van der Waals surface area contributed by atoms with Crippen LogP contribution in [-0.4, -0.2) is 9.13 Å². The third-order valence-corrected chi connectivity index (χ3v) is 10.5. The molecule has 1 aliphatic rings. The molecule has 0 fully saturated rings. The second-order valence-electron chi connectivity index (χ2n) is 13.4. The van der Waals surface area contributed by atoms with Gasteiger partial charge in [0.15, 0.2) is 0 Å². The van der Waals surface area contributed by atoms with Crippen molar-refractivity contribution in [3.8, 4) is 33.6 Å². The molecule has 7 aromatic carbocycles. The van der Waals surface area contributed by atoms with Gasteiger partial charge >= 0.3 is 0 Å². The highest BCUT2D eigenvalue weighted by Gasteiger charge is 2.35. The van der Waals surface area contributed by atoms with E-state index in [4.69, 9.17) is 0 Å². The van der Waals surface area contributed by atoms with Crippen LogP contribution in [0.1, 0.15) is 25.0 Å². The third kappa shape index (κ3) is 3.67. The Hall–Kier alpha value is -5.86. The van der Waals surface area contributed by atoms with Gasteiger partial charge in [0.05, 0.1) is 27.8 Å². The highest BCUT2D eigenvalue weighted by molar-refractivity contribution is 6.14. The Kier molecular flexibility index (Phi) is 5.37. The fourth-order valence-corrected chi connectivity index (χ4v) is 8.20. The van der Waals surface area contributed by atoms with E-state index in [2.05, 4.69) is 181 Å². The molecule has 0 saturated heterocycles. The zero-order valence-corrected chi connectivity index (χ0v) is 26.4. The van der Waals surface area contributed by atoms with Gasteiger partial charge in [-0.25, -0.2) is 0 Å². The Morgan fingerprint density at radius 1 is 0.383 bits per heavy atom. The Bertz CT molecular complexity index is 2630. The minimum absolute atomic E-state index is 0.129. The molecule has 0 saturated carbocycles. The molecule has 9 aromatic rings. The number of fused-ring (bicyclic) bond motifs is 8. The minimum atomic E-state index is -0.129. The Balaban J connectivity index is 1.18. The van der Waals surface area contributed by atoms with Crippen molar-refractivity contribution in [3.05, 3.63) is 169 Å². The lowest BCUT2D eigenvalue weighted by atomic mass is 9.74. The van der Waals surface area contributed by atoms with Crippen molar-refractivity contribution in [1.29, 1.82) is 0 Å².